The van der Waals surface area contributed by atoms with Gasteiger partial charge in [0, 0.05) is 18.7 Å². The van der Waals surface area contributed by atoms with Gasteiger partial charge in [-0.1, -0.05) is 24.6 Å². The highest BCUT2D eigenvalue weighted by molar-refractivity contribution is 7.92. The number of hydrogen-bond donors (Lipinski definition) is 1. The lowest BCUT2D eigenvalue weighted by atomic mass is 10.1. The van der Waals surface area contributed by atoms with Gasteiger partial charge < -0.3 is 4.90 Å². The molecule has 1 heterocycles. The summed E-state index contributed by atoms with van der Waals surface area (Å²) in [6.07, 6.45) is 1.11. The van der Waals surface area contributed by atoms with Crippen molar-refractivity contribution < 1.29 is 13.2 Å². The molecule has 132 valence electrons. The molecular formula is C19H22N2O3S. The minimum absolute atomic E-state index is 0.0581. The topological polar surface area (TPSA) is 66.5 Å². The Labute approximate surface area is 148 Å². The first-order valence-corrected chi connectivity index (χ1v) is 9.83. The molecule has 1 aliphatic heterocycles. The molecule has 0 aliphatic carbocycles. The van der Waals surface area contributed by atoms with Crippen molar-refractivity contribution in [2.75, 3.05) is 16.2 Å². The summed E-state index contributed by atoms with van der Waals surface area (Å²) in [5.41, 5.74) is 4.25. The smallest absolute Gasteiger partial charge is 0.261 e. The number of fused-ring (bicyclic) bond motifs is 1. The molecule has 0 saturated carbocycles. The molecule has 0 bridgehead atoms. The van der Waals surface area contributed by atoms with Crippen molar-refractivity contribution in [2.45, 2.75) is 38.5 Å². The van der Waals surface area contributed by atoms with Crippen LogP contribution in [0.1, 0.15) is 30.0 Å². The van der Waals surface area contributed by atoms with E-state index in [0.717, 1.165) is 22.4 Å². The van der Waals surface area contributed by atoms with Gasteiger partial charge in [-0.15, -0.1) is 0 Å². The summed E-state index contributed by atoms with van der Waals surface area (Å²) >= 11 is 0. The van der Waals surface area contributed by atoms with Gasteiger partial charge in [0.1, 0.15) is 0 Å². The van der Waals surface area contributed by atoms with Gasteiger partial charge in [-0.2, -0.15) is 0 Å². The molecule has 5 nitrogen and oxygen atoms in total. The van der Waals surface area contributed by atoms with Gasteiger partial charge in [-0.3, -0.25) is 9.52 Å². The van der Waals surface area contributed by atoms with E-state index < -0.39 is 10.0 Å². The van der Waals surface area contributed by atoms with Crippen LogP contribution in [0.25, 0.3) is 0 Å². The standard InChI is InChI=1S/C19H22N2O3S/c1-4-19(22)21-10-9-15-12-16(6-8-18(15)21)25(23,24)20-17-7-5-13(2)11-14(17)3/h5-8,11-12,20H,4,9-10H2,1-3H3. The summed E-state index contributed by atoms with van der Waals surface area (Å²) in [5, 5.41) is 0. The zero-order valence-corrected chi connectivity index (χ0v) is 15.5. The molecule has 0 atom stereocenters. The van der Waals surface area contributed by atoms with Crippen LogP contribution in [0.3, 0.4) is 0 Å². The minimum atomic E-state index is -3.67. The highest BCUT2D eigenvalue weighted by Gasteiger charge is 2.26. The van der Waals surface area contributed by atoms with Crippen molar-refractivity contribution in [3.63, 3.8) is 0 Å². The Morgan fingerprint density at radius 2 is 1.92 bits per heavy atom. The number of carbonyl (C=O) groups excluding carboxylic acids is 1. The number of hydrogen-bond acceptors (Lipinski definition) is 3. The largest absolute Gasteiger partial charge is 0.312 e. The SMILES string of the molecule is CCC(=O)N1CCc2cc(S(=O)(=O)Nc3ccc(C)cc3C)ccc21. The quantitative estimate of drug-likeness (QED) is 0.911. The number of rotatable bonds is 4. The van der Waals surface area contributed by atoms with Crippen molar-refractivity contribution in [1.82, 2.24) is 0 Å². The van der Waals surface area contributed by atoms with E-state index in [0.29, 0.717) is 25.1 Å². The van der Waals surface area contributed by atoms with Gasteiger partial charge in [0.05, 0.1) is 10.6 Å². The first kappa shape index (κ1) is 17.5. The summed E-state index contributed by atoms with van der Waals surface area (Å²) in [5.74, 6) is 0.0581. The number of nitrogens with zero attached hydrogens (tertiary/aromatic N) is 1. The Morgan fingerprint density at radius 3 is 2.60 bits per heavy atom. The fourth-order valence-corrected chi connectivity index (χ4v) is 4.31. The fourth-order valence-electron chi connectivity index (χ4n) is 3.13. The highest BCUT2D eigenvalue weighted by atomic mass is 32.2. The maximum atomic E-state index is 12.7. The number of sulfonamides is 1. The van der Waals surface area contributed by atoms with Crippen molar-refractivity contribution in [3.05, 3.63) is 53.1 Å². The maximum absolute atomic E-state index is 12.7. The van der Waals surface area contributed by atoms with Crippen LogP contribution in [0.4, 0.5) is 11.4 Å². The van der Waals surface area contributed by atoms with Crippen LogP contribution in [0.2, 0.25) is 0 Å². The second-order valence-electron chi connectivity index (χ2n) is 6.36. The van der Waals surface area contributed by atoms with E-state index in [9.17, 15) is 13.2 Å². The first-order valence-electron chi connectivity index (χ1n) is 8.35. The normalized spacial score (nSPS) is 13.6. The molecule has 0 fully saturated rings. The zero-order chi connectivity index (χ0) is 18.2. The number of aryl methyl sites for hydroxylation is 2. The second-order valence-corrected chi connectivity index (χ2v) is 8.05. The number of anilines is 2. The molecule has 6 heteroatoms. The lowest BCUT2D eigenvalue weighted by molar-refractivity contribution is -0.118. The van der Waals surface area contributed by atoms with E-state index in [2.05, 4.69) is 4.72 Å². The van der Waals surface area contributed by atoms with Crippen LogP contribution in [-0.2, 0) is 21.2 Å². The average Bonchev–Trinajstić information content (AvgIpc) is 3.00. The van der Waals surface area contributed by atoms with E-state index in [1.54, 1.807) is 29.2 Å². The van der Waals surface area contributed by atoms with Gasteiger partial charge in [0.15, 0.2) is 0 Å². The summed E-state index contributed by atoms with van der Waals surface area (Å²) in [6, 6.07) is 10.6. The van der Waals surface area contributed by atoms with Crippen molar-refractivity contribution >= 4 is 27.3 Å². The summed E-state index contributed by atoms with van der Waals surface area (Å²) in [6.45, 7) is 6.28. The molecular weight excluding hydrogens is 336 g/mol. The molecule has 1 aliphatic rings. The van der Waals surface area contributed by atoms with E-state index >= 15 is 0 Å². The Morgan fingerprint density at radius 1 is 1.16 bits per heavy atom. The molecule has 0 saturated heterocycles. The molecule has 25 heavy (non-hydrogen) atoms. The second kappa shape index (κ2) is 6.52. The Bertz CT molecular complexity index is 936. The predicted octanol–water partition coefficient (Wildman–Crippen LogP) is 3.40. The molecule has 2 aromatic rings. The molecule has 1 amide bonds. The van der Waals surface area contributed by atoms with Crippen molar-refractivity contribution in [1.29, 1.82) is 0 Å². The van der Waals surface area contributed by atoms with Gasteiger partial charge >= 0.3 is 0 Å². The van der Waals surface area contributed by atoms with Crippen molar-refractivity contribution in [2.24, 2.45) is 0 Å². The van der Waals surface area contributed by atoms with E-state index in [1.807, 2.05) is 32.9 Å². The monoisotopic (exact) mass is 358 g/mol. The molecule has 3 rings (SSSR count). The van der Waals surface area contributed by atoms with Crippen LogP contribution < -0.4 is 9.62 Å². The van der Waals surface area contributed by atoms with Crippen LogP contribution in [-0.4, -0.2) is 20.9 Å². The molecule has 0 radical (unpaired) electrons. The number of carbonyl (C=O) groups is 1. The highest BCUT2D eigenvalue weighted by Crippen LogP contribution is 2.31. The Kier molecular flexibility index (Phi) is 4.56. The third-order valence-electron chi connectivity index (χ3n) is 4.49. The molecule has 0 unspecified atom stereocenters. The lowest BCUT2D eigenvalue weighted by Gasteiger charge is -2.17. The Hall–Kier alpha value is -2.34. The van der Waals surface area contributed by atoms with Crippen molar-refractivity contribution in [3.8, 4) is 0 Å². The fraction of sp³-hybridized carbons (Fsp3) is 0.316. The van der Waals surface area contributed by atoms with E-state index in [4.69, 9.17) is 0 Å². The first-order chi connectivity index (χ1) is 11.8. The lowest BCUT2D eigenvalue weighted by Crippen LogP contribution is -2.27. The number of benzene rings is 2. The predicted molar refractivity (Wildman–Crippen MR) is 99.5 cm³/mol. The zero-order valence-electron chi connectivity index (χ0n) is 14.7. The molecule has 0 spiro atoms. The summed E-state index contributed by atoms with van der Waals surface area (Å²) in [7, 11) is -3.67. The van der Waals surface area contributed by atoms with Gasteiger partial charge in [-0.05, 0) is 55.7 Å². The third kappa shape index (κ3) is 3.39. The van der Waals surface area contributed by atoms with Crippen LogP contribution in [0, 0.1) is 13.8 Å². The molecule has 2 aromatic carbocycles. The Balaban J connectivity index is 1.90. The van der Waals surface area contributed by atoms with E-state index in [-0.39, 0.29) is 10.8 Å². The van der Waals surface area contributed by atoms with Gasteiger partial charge in [-0.25, -0.2) is 8.42 Å². The average molecular weight is 358 g/mol. The summed E-state index contributed by atoms with van der Waals surface area (Å²) < 4.78 is 28.1. The number of nitrogens with one attached hydrogen (secondary N) is 1. The van der Waals surface area contributed by atoms with Crippen LogP contribution in [0.15, 0.2) is 41.3 Å². The van der Waals surface area contributed by atoms with Crippen LogP contribution in [0.5, 0.6) is 0 Å². The molecule has 0 aromatic heterocycles. The summed E-state index contributed by atoms with van der Waals surface area (Å²) in [4.78, 5) is 13.9. The molecule has 1 N–H and O–H groups in total. The van der Waals surface area contributed by atoms with E-state index in [1.165, 1.54) is 0 Å². The van der Waals surface area contributed by atoms with Gasteiger partial charge in [0.2, 0.25) is 5.91 Å². The third-order valence-corrected chi connectivity index (χ3v) is 5.85. The van der Waals surface area contributed by atoms with Gasteiger partial charge in [0.25, 0.3) is 10.0 Å². The number of amides is 1. The van der Waals surface area contributed by atoms with Crippen LogP contribution >= 0.6 is 0 Å². The minimum Gasteiger partial charge on any atom is -0.312 e. The maximum Gasteiger partial charge on any atom is 0.261 e.